The van der Waals surface area contributed by atoms with Crippen molar-refractivity contribution in [2.75, 3.05) is 0 Å². The van der Waals surface area contributed by atoms with Crippen LogP contribution in [0.1, 0.15) is 35.4 Å². The molecule has 0 fully saturated rings. The summed E-state index contributed by atoms with van der Waals surface area (Å²) in [6.45, 7) is 0. The van der Waals surface area contributed by atoms with Crippen molar-refractivity contribution in [1.29, 1.82) is 0 Å². The molecule has 0 N–H and O–H groups in total. The summed E-state index contributed by atoms with van der Waals surface area (Å²) in [4.78, 5) is 0. The molecule has 2 unspecified atom stereocenters. The maximum absolute atomic E-state index is 6.56. The molecule has 2 aliphatic heterocycles. The van der Waals surface area contributed by atoms with Crippen molar-refractivity contribution in [3.63, 3.8) is 0 Å². The maximum Gasteiger partial charge on any atom is 0.215 e. The smallest absolute Gasteiger partial charge is 0.215 e. The van der Waals surface area contributed by atoms with Crippen LogP contribution in [-0.4, -0.2) is 10.7 Å². The number of hydrogen-bond donors (Lipinski definition) is 0. The molecule has 5 heteroatoms. The predicted molar refractivity (Wildman–Crippen MR) is 129 cm³/mol. The fourth-order valence-electron chi connectivity index (χ4n) is 4.48. The first-order valence-corrected chi connectivity index (χ1v) is 11.4. The molecule has 2 atom stereocenters. The Kier molecular flexibility index (Phi) is 4.51. The number of hydrazone groups is 1. The molecule has 0 spiro atoms. The van der Waals surface area contributed by atoms with Gasteiger partial charge in [0.25, 0.3) is 0 Å². The van der Waals surface area contributed by atoms with Gasteiger partial charge >= 0.3 is 0 Å². The van der Waals surface area contributed by atoms with Crippen LogP contribution in [0, 0.1) is 0 Å². The van der Waals surface area contributed by atoms with Crippen LogP contribution in [-0.2, 0) is 0 Å². The van der Waals surface area contributed by atoms with E-state index in [4.69, 9.17) is 21.4 Å². The fraction of sp³-hybridized carbons (Fsp3) is 0.115. The second-order valence-electron chi connectivity index (χ2n) is 7.88. The third-order valence-corrected chi connectivity index (χ3v) is 6.84. The summed E-state index contributed by atoms with van der Waals surface area (Å²) in [6, 6.07) is 29.0. The van der Waals surface area contributed by atoms with Gasteiger partial charge in [0.1, 0.15) is 5.75 Å². The summed E-state index contributed by atoms with van der Waals surface area (Å²) in [5.41, 5.74) is 4.26. The van der Waals surface area contributed by atoms with Crippen LogP contribution in [0.25, 0.3) is 10.8 Å². The molecule has 2 aliphatic rings. The van der Waals surface area contributed by atoms with Crippen molar-refractivity contribution in [2.24, 2.45) is 5.10 Å². The molecule has 6 rings (SSSR count). The van der Waals surface area contributed by atoms with Crippen LogP contribution in [0.5, 0.6) is 5.75 Å². The molecule has 3 nitrogen and oxygen atoms in total. The summed E-state index contributed by atoms with van der Waals surface area (Å²) in [6.07, 6.45) is 0.442. The summed E-state index contributed by atoms with van der Waals surface area (Å²) in [7, 11) is 0. The van der Waals surface area contributed by atoms with Gasteiger partial charge in [-0.05, 0) is 46.7 Å². The molecule has 4 aromatic rings. The molecular weight excluding hydrogens is 472 g/mol. The highest BCUT2D eigenvalue weighted by atomic mass is 79.9. The molecular formula is C26H18BrClN2O. The zero-order valence-electron chi connectivity index (χ0n) is 16.5. The van der Waals surface area contributed by atoms with Crippen molar-refractivity contribution in [3.8, 4) is 5.75 Å². The SMILES string of the molecule is Clc1ccccc1C1Oc2ccc(Br)cc2C2CC(c3ccc4ccccc4c3)=NN21. The molecule has 0 saturated heterocycles. The van der Waals surface area contributed by atoms with Crippen LogP contribution >= 0.6 is 27.5 Å². The minimum absolute atomic E-state index is 0.0870. The van der Waals surface area contributed by atoms with Crippen molar-refractivity contribution in [3.05, 3.63) is 111 Å². The highest BCUT2D eigenvalue weighted by molar-refractivity contribution is 9.10. The number of halogens is 2. The van der Waals surface area contributed by atoms with Gasteiger partial charge < -0.3 is 4.74 Å². The molecule has 0 radical (unpaired) electrons. The van der Waals surface area contributed by atoms with Crippen LogP contribution in [0.2, 0.25) is 5.02 Å². The number of nitrogens with zero attached hydrogens (tertiary/aromatic N) is 2. The van der Waals surface area contributed by atoms with Gasteiger partial charge in [-0.3, -0.25) is 0 Å². The van der Waals surface area contributed by atoms with Gasteiger partial charge in [0.2, 0.25) is 6.23 Å². The number of ether oxygens (including phenoxy) is 1. The summed E-state index contributed by atoms with van der Waals surface area (Å²) < 4.78 is 7.47. The van der Waals surface area contributed by atoms with E-state index in [0.717, 1.165) is 39.0 Å². The molecule has 0 saturated carbocycles. The van der Waals surface area contributed by atoms with Gasteiger partial charge in [-0.2, -0.15) is 5.10 Å². The van der Waals surface area contributed by atoms with Crippen molar-refractivity contribution in [1.82, 2.24) is 5.01 Å². The molecule has 0 bridgehead atoms. The molecule has 152 valence electrons. The van der Waals surface area contributed by atoms with E-state index in [-0.39, 0.29) is 12.3 Å². The van der Waals surface area contributed by atoms with Crippen LogP contribution in [0.3, 0.4) is 0 Å². The van der Waals surface area contributed by atoms with E-state index in [1.54, 1.807) is 0 Å². The lowest BCUT2D eigenvalue weighted by atomic mass is 9.95. The number of benzene rings is 4. The first kappa shape index (κ1) is 18.9. The van der Waals surface area contributed by atoms with Gasteiger partial charge in [0.05, 0.1) is 11.8 Å². The quantitative estimate of drug-likeness (QED) is 0.291. The molecule has 0 amide bonds. The average molecular weight is 490 g/mol. The lowest BCUT2D eigenvalue weighted by Crippen LogP contribution is -2.33. The minimum atomic E-state index is -0.370. The normalized spacial score (nSPS) is 19.5. The highest BCUT2D eigenvalue weighted by Crippen LogP contribution is 2.49. The standard InChI is InChI=1S/C26H18BrClN2O/c27-19-11-12-25-21(14-19)24-15-23(18-10-9-16-5-1-2-6-17(16)13-18)29-30(24)26(31-25)20-7-3-4-8-22(20)28/h1-14,24,26H,15H2. The van der Waals surface area contributed by atoms with E-state index >= 15 is 0 Å². The number of fused-ring (bicyclic) bond motifs is 4. The summed E-state index contributed by atoms with van der Waals surface area (Å²) >= 11 is 10.2. The topological polar surface area (TPSA) is 24.8 Å². The van der Waals surface area contributed by atoms with Gasteiger partial charge in [0.15, 0.2) is 0 Å². The minimum Gasteiger partial charge on any atom is -0.464 e. The Balaban J connectivity index is 1.47. The third-order valence-electron chi connectivity index (χ3n) is 6.01. The Bertz CT molecular complexity index is 1350. The first-order chi connectivity index (χ1) is 15.2. The van der Waals surface area contributed by atoms with Crippen molar-refractivity contribution < 1.29 is 4.74 Å². The number of hydrogen-bond acceptors (Lipinski definition) is 3. The molecule has 0 aromatic heterocycles. The van der Waals surface area contributed by atoms with E-state index < -0.39 is 0 Å². The van der Waals surface area contributed by atoms with E-state index in [1.807, 2.05) is 36.4 Å². The molecule has 2 heterocycles. The molecule has 31 heavy (non-hydrogen) atoms. The zero-order valence-corrected chi connectivity index (χ0v) is 18.8. The van der Waals surface area contributed by atoms with Gasteiger partial charge in [-0.25, -0.2) is 5.01 Å². The average Bonchev–Trinajstić information content (AvgIpc) is 3.25. The Morgan fingerprint density at radius 3 is 2.55 bits per heavy atom. The fourth-order valence-corrected chi connectivity index (χ4v) is 5.09. The zero-order chi connectivity index (χ0) is 20.9. The van der Waals surface area contributed by atoms with Crippen LogP contribution in [0.4, 0.5) is 0 Å². The van der Waals surface area contributed by atoms with Crippen LogP contribution < -0.4 is 4.74 Å². The van der Waals surface area contributed by atoms with Crippen molar-refractivity contribution >= 4 is 44.0 Å². The highest BCUT2D eigenvalue weighted by Gasteiger charge is 2.41. The third kappa shape index (κ3) is 3.22. The Morgan fingerprint density at radius 1 is 0.871 bits per heavy atom. The summed E-state index contributed by atoms with van der Waals surface area (Å²) in [5, 5.41) is 10.3. The van der Waals surface area contributed by atoms with Gasteiger partial charge in [-0.1, -0.05) is 82.1 Å². The van der Waals surface area contributed by atoms with E-state index in [2.05, 4.69) is 69.5 Å². The Hall–Kier alpha value is -2.82. The van der Waals surface area contributed by atoms with E-state index in [1.165, 1.54) is 10.8 Å². The molecule has 0 aliphatic carbocycles. The van der Waals surface area contributed by atoms with E-state index in [9.17, 15) is 0 Å². The lowest BCUT2D eigenvalue weighted by Gasteiger charge is -2.38. The lowest BCUT2D eigenvalue weighted by molar-refractivity contribution is -0.0190. The number of rotatable bonds is 2. The molecule has 4 aromatic carbocycles. The van der Waals surface area contributed by atoms with E-state index in [0.29, 0.717) is 5.02 Å². The second-order valence-corrected chi connectivity index (χ2v) is 9.21. The Labute approximate surface area is 194 Å². The predicted octanol–water partition coefficient (Wildman–Crippen LogP) is 7.50. The van der Waals surface area contributed by atoms with Gasteiger partial charge in [-0.15, -0.1) is 0 Å². The summed E-state index contributed by atoms with van der Waals surface area (Å²) in [5.74, 6) is 0.879. The first-order valence-electron chi connectivity index (χ1n) is 10.2. The largest absolute Gasteiger partial charge is 0.464 e. The van der Waals surface area contributed by atoms with Gasteiger partial charge in [0, 0.05) is 27.0 Å². The second kappa shape index (κ2) is 7.40. The monoisotopic (exact) mass is 488 g/mol. The Morgan fingerprint density at radius 2 is 1.68 bits per heavy atom. The van der Waals surface area contributed by atoms with Crippen molar-refractivity contribution in [2.45, 2.75) is 18.7 Å². The maximum atomic E-state index is 6.56. The van der Waals surface area contributed by atoms with Crippen LogP contribution in [0.15, 0.2) is 94.5 Å².